The van der Waals surface area contributed by atoms with E-state index < -0.39 is 204 Å². The molecule has 15 atom stereocenters. The second-order valence-corrected chi connectivity index (χ2v) is 23.0. The third kappa shape index (κ3) is 23.9. The highest BCUT2D eigenvalue weighted by Crippen LogP contribution is 2.22. The first-order valence-corrected chi connectivity index (χ1v) is 30.1. The van der Waals surface area contributed by atoms with Crippen molar-refractivity contribution < 1.29 is 92.0 Å². The summed E-state index contributed by atoms with van der Waals surface area (Å²) in [6, 6.07) is -18.9. The largest absolute Gasteiger partial charge is 0.481 e. The summed E-state index contributed by atoms with van der Waals surface area (Å²) in [5.74, 6) is -18.2. The van der Waals surface area contributed by atoms with Crippen LogP contribution in [0.3, 0.4) is 0 Å². The number of carboxylic acid groups (broad SMARTS) is 2. The fourth-order valence-electron chi connectivity index (χ4n) is 9.31. The van der Waals surface area contributed by atoms with Crippen LogP contribution in [0.5, 0.6) is 0 Å². The zero-order valence-corrected chi connectivity index (χ0v) is 52.6. The van der Waals surface area contributed by atoms with Crippen LogP contribution in [-0.2, 0) is 76.7 Å². The molecule has 0 saturated carbocycles. The molecule has 36 heteroatoms. The Hall–Kier alpha value is -7.86. The number of amides is 14. The average Bonchev–Trinajstić information content (AvgIpc) is 1.97. The number of aliphatic hydroxyl groups is 1. The molecule has 0 aliphatic carbocycles. The molecule has 14 amide bonds. The van der Waals surface area contributed by atoms with Gasteiger partial charge in [0.25, 0.3) is 0 Å². The Bertz CT molecular complexity index is 2630. The molecule has 89 heavy (non-hydrogen) atoms. The van der Waals surface area contributed by atoms with Gasteiger partial charge in [-0.3, -0.25) is 71.9 Å². The number of nitrogens with two attached hydrogens (primary N) is 3. The Morgan fingerprint density at radius 3 is 1.42 bits per heavy atom. The number of rotatable bonds is 36. The van der Waals surface area contributed by atoms with Crippen molar-refractivity contribution in [2.45, 2.75) is 198 Å². The first-order chi connectivity index (χ1) is 41.5. The Morgan fingerprint density at radius 1 is 0.494 bits per heavy atom. The van der Waals surface area contributed by atoms with Crippen LogP contribution in [0.2, 0.25) is 0 Å². The molecule has 0 aromatic heterocycles. The summed E-state index contributed by atoms with van der Waals surface area (Å²) in [6.07, 6.45) is -3.04. The van der Waals surface area contributed by atoms with Gasteiger partial charge in [-0.2, -0.15) is 25.3 Å². The molecule has 2 heterocycles. The number of hydrogen-bond acceptors (Lipinski definition) is 20. The first-order valence-electron chi connectivity index (χ1n) is 28.8. The predicted octanol–water partition coefficient (Wildman–Crippen LogP) is -7.15. The van der Waals surface area contributed by atoms with Crippen molar-refractivity contribution in [2.75, 3.05) is 24.6 Å². The third-order valence-electron chi connectivity index (χ3n) is 14.6. The molecule has 0 spiro atoms. The van der Waals surface area contributed by atoms with Crippen LogP contribution >= 0.6 is 25.3 Å². The molecule has 0 aromatic carbocycles. The number of aliphatic hydroxyl groups excluding tert-OH is 1. The van der Waals surface area contributed by atoms with E-state index in [9.17, 15) is 92.0 Å². The maximum Gasteiger partial charge on any atom is 0.327 e. The highest BCUT2D eigenvalue weighted by molar-refractivity contribution is 7.80. The van der Waals surface area contributed by atoms with Gasteiger partial charge in [-0.25, -0.2) is 4.79 Å². The summed E-state index contributed by atoms with van der Waals surface area (Å²) in [4.78, 5) is 212. The van der Waals surface area contributed by atoms with E-state index in [4.69, 9.17) is 17.2 Å². The first kappa shape index (κ1) is 77.2. The van der Waals surface area contributed by atoms with Crippen LogP contribution in [0, 0.1) is 11.8 Å². The average molecular weight is 1300 g/mol. The summed E-state index contributed by atoms with van der Waals surface area (Å²) in [7, 11) is 0. The molecule has 0 unspecified atom stereocenters. The lowest BCUT2D eigenvalue weighted by Crippen LogP contribution is -2.62. The molecule has 0 aromatic rings. The standard InChI is InChI=1S/C53H87N15O19S2/c1-9-23(4)39(65-42(75)25(6)57-44(77)30(19-37(72)73)60-46(79)33-12-11-17-68(33)52(85)28(14-15-35(55)70)59-41(74)24(5)54)49(82)61-29(18-36(56)71)43(76)58-26(7)51(84)67-16-10-13-34(67)47(80)64-38(22(2)3)48(81)66-40(27(8)69)50(83)62-31(20-88)45(78)63-32(21-89)53(86)87/h22-34,38-40,69,88-89H,9-21,54H2,1-8H3,(H2,55,70)(H2,56,71)(H,57,77)(H,58,76)(H,59,74)(H,60,79)(H,61,82)(H,62,83)(H,63,78)(H,64,80)(H,65,75)(H,66,81)(H,72,73)(H,86,87)/t23-,24-,25-,26-,27+,28-,29-,30-,31-,32-,33-,34-,38-,39-,40-/m0/s1. The van der Waals surface area contributed by atoms with E-state index in [0.29, 0.717) is 0 Å². The number of aliphatic carboxylic acids is 2. The van der Waals surface area contributed by atoms with Gasteiger partial charge in [0.15, 0.2) is 0 Å². The molecule has 0 bridgehead atoms. The maximum atomic E-state index is 14.0. The van der Waals surface area contributed by atoms with Crippen LogP contribution in [0.15, 0.2) is 0 Å². The van der Waals surface area contributed by atoms with E-state index in [2.05, 4.69) is 78.4 Å². The minimum atomic E-state index is -1.83. The van der Waals surface area contributed by atoms with Gasteiger partial charge in [0, 0.05) is 31.0 Å². The van der Waals surface area contributed by atoms with E-state index in [0.717, 1.165) is 16.7 Å². The van der Waals surface area contributed by atoms with Crippen molar-refractivity contribution in [3.63, 3.8) is 0 Å². The summed E-state index contributed by atoms with van der Waals surface area (Å²) < 4.78 is 0. The van der Waals surface area contributed by atoms with Crippen molar-refractivity contribution in [1.29, 1.82) is 0 Å². The highest BCUT2D eigenvalue weighted by atomic mass is 32.1. The van der Waals surface area contributed by atoms with E-state index in [1.165, 1.54) is 20.8 Å². The number of nitrogens with zero attached hydrogens (tertiary/aromatic N) is 2. The molecule has 34 nitrogen and oxygen atoms in total. The molecule has 2 aliphatic heterocycles. The van der Waals surface area contributed by atoms with Gasteiger partial charge in [0.05, 0.1) is 25.0 Å². The zero-order chi connectivity index (χ0) is 67.9. The van der Waals surface area contributed by atoms with Gasteiger partial charge in [0.2, 0.25) is 82.7 Å². The highest BCUT2D eigenvalue weighted by Gasteiger charge is 2.43. The minimum absolute atomic E-state index is 0.00291. The normalized spacial score (nSPS) is 19.0. The second kappa shape index (κ2) is 36.6. The zero-order valence-electron chi connectivity index (χ0n) is 50.8. The van der Waals surface area contributed by atoms with E-state index >= 15 is 0 Å². The predicted molar refractivity (Wildman–Crippen MR) is 320 cm³/mol. The van der Waals surface area contributed by atoms with Crippen molar-refractivity contribution in [3.8, 4) is 0 Å². The van der Waals surface area contributed by atoms with Crippen molar-refractivity contribution in [2.24, 2.45) is 29.0 Å². The number of thiol groups is 2. The van der Waals surface area contributed by atoms with Crippen molar-refractivity contribution in [3.05, 3.63) is 0 Å². The summed E-state index contributed by atoms with van der Waals surface area (Å²) in [6.45, 7) is 11.2. The van der Waals surface area contributed by atoms with E-state index in [1.807, 2.05) is 0 Å². The smallest absolute Gasteiger partial charge is 0.327 e. The molecule has 2 saturated heterocycles. The van der Waals surface area contributed by atoms with E-state index in [1.54, 1.807) is 27.7 Å². The lowest BCUT2D eigenvalue weighted by molar-refractivity contribution is -0.144. The van der Waals surface area contributed by atoms with Gasteiger partial charge in [0.1, 0.15) is 72.5 Å². The molecule has 19 N–H and O–H groups in total. The minimum Gasteiger partial charge on any atom is -0.481 e. The Kier molecular flexibility index (Phi) is 31.7. The van der Waals surface area contributed by atoms with Crippen LogP contribution < -0.4 is 70.4 Å². The number of nitrogens with one attached hydrogen (secondary N) is 10. The lowest BCUT2D eigenvalue weighted by Gasteiger charge is -2.31. The third-order valence-corrected chi connectivity index (χ3v) is 15.4. The SMILES string of the molecule is CC[C@H](C)[C@H](NC(=O)[C@H](C)NC(=O)[C@H](CC(=O)O)NC(=O)[C@@H]1CCCN1C(=O)[C@H](CCC(N)=O)NC(=O)[C@H](C)N)C(=O)N[C@@H](CC(N)=O)C(=O)N[C@@H](C)C(=O)N1CCC[C@H]1C(=O)N[C@H](C(=O)N[C@H](C(=O)N[C@@H](CS)C(=O)N[C@@H](CS)C(=O)O)[C@@H](C)O)C(C)C. The number of carboxylic acids is 2. The van der Waals surface area contributed by atoms with E-state index in [-0.39, 0.29) is 69.5 Å². The fourth-order valence-corrected chi connectivity index (χ4v) is 9.81. The summed E-state index contributed by atoms with van der Waals surface area (Å²) >= 11 is 7.94. The Labute approximate surface area is 524 Å². The van der Waals surface area contributed by atoms with Crippen LogP contribution in [0.25, 0.3) is 0 Å². The molecular formula is C53H87N15O19S2. The van der Waals surface area contributed by atoms with Gasteiger partial charge in [-0.1, -0.05) is 34.1 Å². The quantitative estimate of drug-likeness (QED) is 0.0259. The number of likely N-dealkylation sites (tertiary alicyclic amines) is 2. The molecule has 2 rings (SSSR count). The van der Waals surface area contributed by atoms with Gasteiger partial charge in [-0.15, -0.1) is 0 Å². The summed E-state index contributed by atoms with van der Waals surface area (Å²) in [5, 5.41) is 53.2. The number of primary amides is 2. The van der Waals surface area contributed by atoms with Crippen molar-refractivity contribution >= 4 is 120 Å². The van der Waals surface area contributed by atoms with Gasteiger partial charge < -0.3 is 95.5 Å². The monoisotopic (exact) mass is 1300 g/mol. The maximum absolute atomic E-state index is 14.0. The number of carbonyl (C=O) groups excluding carboxylic acids is 14. The topological polar surface area (TPSA) is 539 Å². The van der Waals surface area contributed by atoms with Crippen LogP contribution in [0.4, 0.5) is 0 Å². The number of hydrogen-bond donors (Lipinski definition) is 18. The Morgan fingerprint density at radius 2 is 0.944 bits per heavy atom. The molecule has 500 valence electrons. The lowest BCUT2D eigenvalue weighted by atomic mass is 9.97. The van der Waals surface area contributed by atoms with Gasteiger partial charge >= 0.3 is 11.9 Å². The van der Waals surface area contributed by atoms with Crippen molar-refractivity contribution in [1.82, 2.24) is 63.0 Å². The second-order valence-electron chi connectivity index (χ2n) is 22.2. The fraction of sp³-hybridized carbons (Fsp3) is 0.698. The molecule has 2 aliphatic rings. The summed E-state index contributed by atoms with van der Waals surface area (Å²) in [5.41, 5.74) is 16.4. The van der Waals surface area contributed by atoms with Crippen LogP contribution in [0.1, 0.15) is 113 Å². The molecule has 2 fully saturated rings. The molecule has 0 radical (unpaired) electrons. The van der Waals surface area contributed by atoms with Crippen LogP contribution in [-0.4, -0.2) is 229 Å². The van der Waals surface area contributed by atoms with Gasteiger partial charge in [-0.05, 0) is 71.6 Å². The number of carbonyl (C=O) groups is 16. The Balaban J connectivity index is 2.22. The molecular weight excluding hydrogens is 1210 g/mol.